The lowest BCUT2D eigenvalue weighted by Gasteiger charge is -2.21. The van der Waals surface area contributed by atoms with E-state index < -0.39 is 5.54 Å². The molecule has 1 aromatic rings. The van der Waals surface area contributed by atoms with Crippen molar-refractivity contribution in [2.75, 3.05) is 5.32 Å². The van der Waals surface area contributed by atoms with Crippen molar-refractivity contribution in [3.63, 3.8) is 0 Å². The van der Waals surface area contributed by atoms with Crippen LogP contribution in [0.25, 0.3) is 0 Å². The van der Waals surface area contributed by atoms with Gasteiger partial charge in [0.1, 0.15) is 0 Å². The van der Waals surface area contributed by atoms with Crippen molar-refractivity contribution in [1.82, 2.24) is 0 Å². The van der Waals surface area contributed by atoms with Gasteiger partial charge in [0.05, 0.1) is 5.54 Å². The first kappa shape index (κ1) is 13.1. The van der Waals surface area contributed by atoms with Crippen LogP contribution in [0, 0.1) is 6.92 Å². The fourth-order valence-electron chi connectivity index (χ4n) is 1.88. The molecule has 3 N–H and O–H groups in total. The molecular weight excluding hydrogens is 224 g/mol. The molecule has 0 unspecified atom stereocenters. The summed E-state index contributed by atoms with van der Waals surface area (Å²) in [5.41, 5.74) is 8.60. The Bertz CT molecular complexity index is 482. The second kappa shape index (κ2) is 4.09. The highest BCUT2D eigenvalue weighted by atomic mass is 16.2. The van der Waals surface area contributed by atoms with Crippen molar-refractivity contribution in [2.45, 2.75) is 51.5 Å². The molecule has 1 aliphatic carbocycles. The molecule has 3 heteroatoms. The molecule has 1 amide bonds. The van der Waals surface area contributed by atoms with E-state index in [1.54, 1.807) is 0 Å². The molecule has 0 aliphatic heterocycles. The number of carbonyl (C=O) groups is 1. The summed E-state index contributed by atoms with van der Waals surface area (Å²) in [4.78, 5) is 11.9. The lowest BCUT2D eigenvalue weighted by atomic mass is 9.86. The first-order chi connectivity index (χ1) is 8.22. The summed E-state index contributed by atoms with van der Waals surface area (Å²) in [6, 6.07) is 6.17. The third-order valence-corrected chi connectivity index (χ3v) is 3.58. The summed E-state index contributed by atoms with van der Waals surface area (Å²) in [6.45, 7) is 8.55. The van der Waals surface area contributed by atoms with Crippen molar-refractivity contribution in [2.24, 2.45) is 5.73 Å². The van der Waals surface area contributed by atoms with Crippen molar-refractivity contribution in [3.8, 4) is 0 Å². The van der Waals surface area contributed by atoms with Crippen molar-refractivity contribution in [3.05, 3.63) is 29.3 Å². The normalized spacial score (nSPS) is 17.4. The smallest absolute Gasteiger partial charge is 0.244 e. The zero-order chi connectivity index (χ0) is 13.6. The Morgan fingerprint density at radius 1 is 1.33 bits per heavy atom. The van der Waals surface area contributed by atoms with Gasteiger partial charge >= 0.3 is 0 Å². The minimum absolute atomic E-state index is 0.0610. The van der Waals surface area contributed by atoms with Crippen molar-refractivity contribution in [1.29, 1.82) is 0 Å². The molecule has 0 spiro atoms. The number of benzene rings is 1. The average molecular weight is 246 g/mol. The molecule has 0 radical (unpaired) electrons. The Balaban J connectivity index is 2.18. The molecule has 18 heavy (non-hydrogen) atoms. The number of rotatable bonds is 2. The fraction of sp³-hybridized carbons (Fsp3) is 0.533. The standard InChI is InChI=1S/C15H22N2O/c1-10-9-11(14(2,3)4)5-6-12(10)17-13(18)15(16)7-8-15/h5-6,9H,7-8,16H2,1-4H3,(H,17,18). The Morgan fingerprint density at radius 3 is 2.39 bits per heavy atom. The number of nitrogens with two attached hydrogens (primary N) is 1. The highest BCUT2D eigenvalue weighted by molar-refractivity contribution is 6.00. The second-order valence-electron chi connectivity index (χ2n) is 6.39. The van der Waals surface area contributed by atoms with Crippen LogP contribution in [0.3, 0.4) is 0 Å². The van der Waals surface area contributed by atoms with Gasteiger partial charge in [-0.3, -0.25) is 4.79 Å². The van der Waals surface area contributed by atoms with Crippen LogP contribution in [0.15, 0.2) is 18.2 Å². The lowest BCUT2D eigenvalue weighted by Crippen LogP contribution is -2.38. The Morgan fingerprint density at radius 2 is 1.94 bits per heavy atom. The molecule has 1 aromatic carbocycles. The largest absolute Gasteiger partial charge is 0.324 e. The Kier molecular flexibility index (Phi) is 2.98. The van der Waals surface area contributed by atoms with E-state index in [9.17, 15) is 4.79 Å². The van der Waals surface area contributed by atoms with Crippen LogP contribution in [0.1, 0.15) is 44.7 Å². The quantitative estimate of drug-likeness (QED) is 0.843. The molecular formula is C15H22N2O. The number of anilines is 1. The van der Waals surface area contributed by atoms with Crippen LogP contribution >= 0.6 is 0 Å². The van der Waals surface area contributed by atoms with Gasteiger partial charge in [-0.15, -0.1) is 0 Å². The molecule has 0 bridgehead atoms. The van der Waals surface area contributed by atoms with E-state index in [-0.39, 0.29) is 11.3 Å². The van der Waals surface area contributed by atoms with Crippen molar-refractivity contribution >= 4 is 11.6 Å². The maximum atomic E-state index is 11.9. The summed E-state index contributed by atoms with van der Waals surface area (Å²) in [5, 5.41) is 2.93. The van der Waals surface area contributed by atoms with Gasteiger partial charge in [0.15, 0.2) is 0 Å². The van der Waals surface area contributed by atoms with Gasteiger partial charge in [-0.1, -0.05) is 32.9 Å². The van der Waals surface area contributed by atoms with Gasteiger partial charge < -0.3 is 11.1 Å². The Labute approximate surface area is 109 Å². The van der Waals surface area contributed by atoms with E-state index in [1.165, 1.54) is 5.56 Å². The maximum Gasteiger partial charge on any atom is 0.244 e. The first-order valence-electron chi connectivity index (χ1n) is 6.44. The van der Waals surface area contributed by atoms with Crippen LogP contribution in [-0.2, 0) is 10.2 Å². The Hall–Kier alpha value is -1.35. The van der Waals surface area contributed by atoms with E-state index in [2.05, 4.69) is 38.2 Å². The molecule has 1 saturated carbocycles. The molecule has 0 atom stereocenters. The van der Waals surface area contributed by atoms with Crippen LogP contribution < -0.4 is 11.1 Å². The van der Waals surface area contributed by atoms with Gasteiger partial charge in [-0.05, 0) is 42.4 Å². The summed E-state index contributed by atoms with van der Waals surface area (Å²) < 4.78 is 0. The van der Waals surface area contributed by atoms with Crippen molar-refractivity contribution < 1.29 is 4.79 Å². The van der Waals surface area contributed by atoms with Gasteiger partial charge in [0.2, 0.25) is 5.91 Å². The molecule has 98 valence electrons. The third kappa shape index (κ3) is 2.56. The van der Waals surface area contributed by atoms with E-state index >= 15 is 0 Å². The molecule has 1 aliphatic rings. The summed E-state index contributed by atoms with van der Waals surface area (Å²) in [5.74, 6) is -0.0610. The molecule has 1 fully saturated rings. The number of carbonyl (C=O) groups excluding carboxylic acids is 1. The van der Waals surface area contributed by atoms with Gasteiger partial charge in [0.25, 0.3) is 0 Å². The van der Waals surface area contributed by atoms with E-state index in [0.717, 1.165) is 24.1 Å². The van der Waals surface area contributed by atoms with Gasteiger partial charge in [-0.25, -0.2) is 0 Å². The average Bonchev–Trinajstić information content (AvgIpc) is 2.99. The summed E-state index contributed by atoms with van der Waals surface area (Å²) in [6.07, 6.45) is 1.58. The minimum Gasteiger partial charge on any atom is -0.324 e. The minimum atomic E-state index is -0.616. The molecule has 0 heterocycles. The van der Waals surface area contributed by atoms with Crippen LogP contribution in [0.4, 0.5) is 5.69 Å². The summed E-state index contributed by atoms with van der Waals surface area (Å²) in [7, 11) is 0. The molecule has 3 nitrogen and oxygen atoms in total. The number of hydrogen-bond donors (Lipinski definition) is 2. The zero-order valence-corrected chi connectivity index (χ0v) is 11.6. The SMILES string of the molecule is Cc1cc(C(C)(C)C)ccc1NC(=O)C1(N)CC1. The summed E-state index contributed by atoms with van der Waals surface area (Å²) >= 11 is 0. The number of hydrogen-bond acceptors (Lipinski definition) is 2. The maximum absolute atomic E-state index is 11.9. The van der Waals surface area contributed by atoms with E-state index in [1.807, 2.05) is 13.0 Å². The second-order valence-corrected chi connectivity index (χ2v) is 6.39. The fourth-order valence-corrected chi connectivity index (χ4v) is 1.88. The predicted octanol–water partition coefficient (Wildman–Crippen LogP) is 2.72. The number of aryl methyl sites for hydroxylation is 1. The molecule has 0 aromatic heterocycles. The van der Waals surface area contributed by atoms with Gasteiger partial charge in [-0.2, -0.15) is 0 Å². The lowest BCUT2D eigenvalue weighted by molar-refractivity contribution is -0.118. The van der Waals surface area contributed by atoms with Crippen LogP contribution in [-0.4, -0.2) is 11.4 Å². The predicted molar refractivity (Wildman–Crippen MR) is 74.7 cm³/mol. The third-order valence-electron chi connectivity index (χ3n) is 3.58. The zero-order valence-electron chi connectivity index (χ0n) is 11.6. The highest BCUT2D eigenvalue weighted by Gasteiger charge is 2.46. The number of amides is 1. The van der Waals surface area contributed by atoms with Crippen LogP contribution in [0.5, 0.6) is 0 Å². The van der Waals surface area contributed by atoms with Crippen LogP contribution in [0.2, 0.25) is 0 Å². The monoisotopic (exact) mass is 246 g/mol. The van der Waals surface area contributed by atoms with Gasteiger partial charge in [0, 0.05) is 5.69 Å². The highest BCUT2D eigenvalue weighted by Crippen LogP contribution is 2.34. The van der Waals surface area contributed by atoms with E-state index in [0.29, 0.717) is 0 Å². The van der Waals surface area contributed by atoms with E-state index in [4.69, 9.17) is 5.73 Å². The first-order valence-corrected chi connectivity index (χ1v) is 6.44. The molecule has 0 saturated heterocycles. The topological polar surface area (TPSA) is 55.1 Å². The number of nitrogens with one attached hydrogen (secondary N) is 1. The molecule has 2 rings (SSSR count).